The highest BCUT2D eigenvalue weighted by atomic mass is 35.5. The largest absolute Gasteiger partial charge is 0.449 e. The zero-order valence-corrected chi connectivity index (χ0v) is 19.4. The van der Waals surface area contributed by atoms with Gasteiger partial charge in [0.1, 0.15) is 34.5 Å². The zero-order chi connectivity index (χ0) is 24.9. The summed E-state index contributed by atoms with van der Waals surface area (Å²) in [5.74, 6) is -1.11. The Kier molecular flexibility index (Phi) is 5.46. The Bertz CT molecular complexity index is 1580. The van der Waals surface area contributed by atoms with Crippen LogP contribution >= 0.6 is 11.6 Å². The number of hydrogen-bond donors (Lipinski definition) is 1. The Balaban J connectivity index is 1.49. The van der Waals surface area contributed by atoms with Gasteiger partial charge in [-0.1, -0.05) is 29.8 Å². The molecule has 0 aliphatic carbocycles. The standard InChI is InChI=1S/C27H18ClFN2O4/c1-13-9-22-19(11-21(13)28)14(2)25(34-22)27(32)33-17-7-8-18-23(10-17)35-26(31)20(12-30)24(18)15-3-5-16(29)6-4-15/h3-11,24H,31H2,1-2H3. The number of fused-ring (bicyclic) bond motifs is 2. The Morgan fingerprint density at radius 3 is 2.60 bits per heavy atom. The van der Waals surface area contributed by atoms with Crippen LogP contribution in [0.4, 0.5) is 4.39 Å². The number of esters is 1. The Morgan fingerprint density at radius 2 is 1.89 bits per heavy atom. The van der Waals surface area contributed by atoms with E-state index in [1.165, 1.54) is 18.2 Å². The van der Waals surface area contributed by atoms with E-state index in [4.69, 9.17) is 31.2 Å². The molecular formula is C27H18ClFN2O4. The number of nitrogens with zero attached hydrogens (tertiary/aromatic N) is 1. The van der Waals surface area contributed by atoms with Crippen LogP contribution in [0.5, 0.6) is 11.5 Å². The SMILES string of the molecule is Cc1cc2oc(C(=O)Oc3ccc4c(c3)OC(N)=C(C#N)C4c3ccc(F)cc3)c(C)c2cc1Cl. The molecule has 0 saturated carbocycles. The van der Waals surface area contributed by atoms with Gasteiger partial charge in [-0.2, -0.15) is 5.26 Å². The number of carbonyl (C=O) groups is 1. The molecule has 6 nitrogen and oxygen atoms in total. The third-order valence-corrected chi connectivity index (χ3v) is 6.41. The fraction of sp³-hybridized carbons (Fsp3) is 0.111. The van der Waals surface area contributed by atoms with Gasteiger partial charge in [0, 0.05) is 27.6 Å². The first kappa shape index (κ1) is 22.5. The molecule has 174 valence electrons. The van der Waals surface area contributed by atoms with E-state index < -0.39 is 17.7 Å². The molecule has 0 spiro atoms. The van der Waals surface area contributed by atoms with Crippen molar-refractivity contribution in [2.75, 3.05) is 0 Å². The average Bonchev–Trinajstić information content (AvgIpc) is 3.14. The number of carbonyl (C=O) groups excluding carboxylic acids is 1. The van der Waals surface area contributed by atoms with Crippen molar-refractivity contribution in [2.24, 2.45) is 5.73 Å². The maximum absolute atomic E-state index is 13.5. The second kappa shape index (κ2) is 8.49. The fourth-order valence-electron chi connectivity index (χ4n) is 4.19. The molecule has 0 bridgehead atoms. The Hall–Kier alpha value is -4.28. The molecule has 35 heavy (non-hydrogen) atoms. The third-order valence-electron chi connectivity index (χ3n) is 6.01. The molecule has 0 radical (unpaired) electrons. The van der Waals surface area contributed by atoms with Crippen molar-refractivity contribution in [1.82, 2.24) is 0 Å². The summed E-state index contributed by atoms with van der Waals surface area (Å²) in [5.41, 5.74) is 9.51. The lowest BCUT2D eigenvalue weighted by Gasteiger charge is -2.26. The molecule has 8 heteroatoms. The monoisotopic (exact) mass is 488 g/mol. The number of hydrogen-bond acceptors (Lipinski definition) is 6. The van der Waals surface area contributed by atoms with E-state index in [0.717, 1.165) is 10.9 Å². The number of ether oxygens (including phenoxy) is 2. The van der Waals surface area contributed by atoms with E-state index in [0.29, 0.717) is 33.0 Å². The molecule has 1 aliphatic rings. The van der Waals surface area contributed by atoms with Gasteiger partial charge in [-0.15, -0.1) is 0 Å². The second-order valence-corrected chi connectivity index (χ2v) is 8.63. The summed E-state index contributed by atoms with van der Waals surface area (Å²) in [4.78, 5) is 12.9. The van der Waals surface area contributed by atoms with Gasteiger partial charge < -0.3 is 19.6 Å². The molecule has 0 saturated heterocycles. The molecule has 0 amide bonds. The summed E-state index contributed by atoms with van der Waals surface area (Å²) in [5, 5.41) is 11.0. The van der Waals surface area contributed by atoms with Gasteiger partial charge in [0.15, 0.2) is 0 Å². The lowest BCUT2D eigenvalue weighted by Crippen LogP contribution is -2.21. The van der Waals surface area contributed by atoms with Gasteiger partial charge in [0.25, 0.3) is 0 Å². The number of furan rings is 1. The van der Waals surface area contributed by atoms with Crippen molar-refractivity contribution in [2.45, 2.75) is 19.8 Å². The van der Waals surface area contributed by atoms with E-state index in [1.54, 1.807) is 43.3 Å². The van der Waals surface area contributed by atoms with Crippen molar-refractivity contribution >= 4 is 28.5 Å². The maximum Gasteiger partial charge on any atom is 0.379 e. The first-order valence-electron chi connectivity index (χ1n) is 10.6. The first-order valence-corrected chi connectivity index (χ1v) is 11.0. The number of rotatable bonds is 3. The number of allylic oxidation sites excluding steroid dienone is 1. The Labute approximate surface area is 204 Å². The highest BCUT2D eigenvalue weighted by molar-refractivity contribution is 6.32. The van der Waals surface area contributed by atoms with Crippen molar-refractivity contribution in [3.63, 3.8) is 0 Å². The molecule has 1 aromatic heterocycles. The summed E-state index contributed by atoms with van der Waals surface area (Å²) < 4.78 is 30.5. The smallest absolute Gasteiger partial charge is 0.379 e. The van der Waals surface area contributed by atoms with Crippen LogP contribution in [0.2, 0.25) is 5.02 Å². The van der Waals surface area contributed by atoms with Gasteiger partial charge in [0.05, 0.1) is 5.92 Å². The molecule has 1 aliphatic heterocycles. The van der Waals surface area contributed by atoms with Gasteiger partial charge in [-0.3, -0.25) is 0 Å². The van der Waals surface area contributed by atoms with E-state index in [-0.39, 0.29) is 23.0 Å². The van der Waals surface area contributed by atoms with Crippen molar-refractivity contribution in [3.05, 3.63) is 105 Å². The minimum absolute atomic E-state index is 0.0654. The van der Waals surface area contributed by atoms with Crippen LogP contribution in [0.1, 0.15) is 38.7 Å². The van der Waals surface area contributed by atoms with E-state index in [1.807, 2.05) is 6.92 Å². The third kappa shape index (κ3) is 3.88. The topological polar surface area (TPSA) is 98.5 Å². The summed E-state index contributed by atoms with van der Waals surface area (Å²) in [6, 6.07) is 16.2. The molecule has 0 fully saturated rings. The number of benzene rings is 3. The highest BCUT2D eigenvalue weighted by Gasteiger charge is 2.31. The van der Waals surface area contributed by atoms with Crippen LogP contribution in [0.15, 0.2) is 70.5 Å². The average molecular weight is 489 g/mol. The highest BCUT2D eigenvalue weighted by Crippen LogP contribution is 2.43. The molecule has 1 atom stereocenters. The normalized spacial score (nSPS) is 14.9. The first-order chi connectivity index (χ1) is 16.8. The van der Waals surface area contributed by atoms with Crippen LogP contribution in [-0.4, -0.2) is 5.97 Å². The molecule has 2 N–H and O–H groups in total. The molecule has 3 aromatic carbocycles. The van der Waals surface area contributed by atoms with Crippen LogP contribution in [0.3, 0.4) is 0 Å². The minimum Gasteiger partial charge on any atom is -0.449 e. The van der Waals surface area contributed by atoms with Crippen LogP contribution in [0.25, 0.3) is 11.0 Å². The summed E-state index contributed by atoms with van der Waals surface area (Å²) >= 11 is 6.22. The predicted octanol–water partition coefficient (Wildman–Crippen LogP) is 6.28. The van der Waals surface area contributed by atoms with E-state index in [2.05, 4.69) is 6.07 Å². The van der Waals surface area contributed by atoms with E-state index >= 15 is 0 Å². The number of nitrogens with two attached hydrogens (primary N) is 1. The van der Waals surface area contributed by atoms with Gasteiger partial charge in [-0.25, -0.2) is 9.18 Å². The Morgan fingerprint density at radius 1 is 1.14 bits per heavy atom. The zero-order valence-electron chi connectivity index (χ0n) is 18.7. The molecular weight excluding hydrogens is 471 g/mol. The van der Waals surface area contributed by atoms with Crippen LogP contribution in [-0.2, 0) is 0 Å². The van der Waals surface area contributed by atoms with Crippen LogP contribution in [0, 0.1) is 31.0 Å². The fourth-order valence-corrected chi connectivity index (χ4v) is 4.35. The number of halogens is 2. The predicted molar refractivity (Wildman–Crippen MR) is 128 cm³/mol. The summed E-state index contributed by atoms with van der Waals surface area (Å²) in [6.45, 7) is 3.61. The lowest BCUT2D eigenvalue weighted by atomic mass is 9.83. The van der Waals surface area contributed by atoms with Gasteiger partial charge >= 0.3 is 5.97 Å². The molecule has 5 rings (SSSR count). The van der Waals surface area contributed by atoms with Gasteiger partial charge in [-0.05, 0) is 55.3 Å². The van der Waals surface area contributed by atoms with Gasteiger partial charge in [0.2, 0.25) is 11.6 Å². The number of nitriles is 1. The van der Waals surface area contributed by atoms with Crippen LogP contribution < -0.4 is 15.2 Å². The second-order valence-electron chi connectivity index (χ2n) is 8.22. The summed E-state index contributed by atoms with van der Waals surface area (Å²) in [7, 11) is 0. The molecule has 2 heterocycles. The minimum atomic E-state index is -0.681. The number of aryl methyl sites for hydroxylation is 2. The van der Waals surface area contributed by atoms with Crippen molar-refractivity contribution in [1.29, 1.82) is 5.26 Å². The van der Waals surface area contributed by atoms with Crippen molar-refractivity contribution in [3.8, 4) is 17.6 Å². The molecule has 1 unspecified atom stereocenters. The lowest BCUT2D eigenvalue weighted by molar-refractivity contribution is 0.0702. The quantitative estimate of drug-likeness (QED) is 0.269. The maximum atomic E-state index is 13.5. The van der Waals surface area contributed by atoms with E-state index in [9.17, 15) is 14.4 Å². The van der Waals surface area contributed by atoms with Crippen molar-refractivity contribution < 1.29 is 23.1 Å². The summed E-state index contributed by atoms with van der Waals surface area (Å²) in [6.07, 6.45) is 0. The molecule has 4 aromatic rings.